The lowest BCUT2D eigenvalue weighted by Gasteiger charge is -2.27. The molecule has 0 bridgehead atoms. The maximum atomic E-state index is 12.7. The van der Waals surface area contributed by atoms with Crippen molar-refractivity contribution < 1.29 is 23.8 Å². The van der Waals surface area contributed by atoms with Crippen molar-refractivity contribution in [3.63, 3.8) is 0 Å². The summed E-state index contributed by atoms with van der Waals surface area (Å²) >= 11 is 0. The molecule has 1 amide bonds. The summed E-state index contributed by atoms with van der Waals surface area (Å²) in [7, 11) is 1.53. The summed E-state index contributed by atoms with van der Waals surface area (Å²) in [6, 6.07) is 5.00. The Morgan fingerprint density at radius 2 is 1.81 bits per heavy atom. The molecule has 0 heterocycles. The highest BCUT2D eigenvalue weighted by molar-refractivity contribution is 5.99. The van der Waals surface area contributed by atoms with E-state index in [0.29, 0.717) is 30.0 Å². The van der Waals surface area contributed by atoms with Gasteiger partial charge in [-0.2, -0.15) is 0 Å². The molecule has 1 aromatic carbocycles. The number of hydrogen-bond acceptors (Lipinski definition) is 5. The summed E-state index contributed by atoms with van der Waals surface area (Å²) in [4.78, 5) is 25.0. The largest absolute Gasteiger partial charge is 0.493 e. The summed E-state index contributed by atoms with van der Waals surface area (Å²) < 4.78 is 16.3. The van der Waals surface area contributed by atoms with Gasteiger partial charge >= 0.3 is 5.97 Å². The van der Waals surface area contributed by atoms with Crippen LogP contribution in [0, 0.1) is 0 Å². The monoisotopic (exact) mass is 379 g/mol. The Labute approximate surface area is 162 Å². The SMILES string of the molecule is CCCCOc1ccc(NC(=O)C(C)(CCCC)OC)cc1C(=O)OCC. The molecule has 0 radical (unpaired) electrons. The fraction of sp³-hybridized carbons (Fsp3) is 0.619. The van der Waals surface area contributed by atoms with Crippen LogP contribution in [0.5, 0.6) is 5.75 Å². The molecule has 1 atom stereocenters. The van der Waals surface area contributed by atoms with E-state index in [4.69, 9.17) is 14.2 Å². The van der Waals surface area contributed by atoms with Gasteiger partial charge in [-0.25, -0.2) is 4.79 Å². The van der Waals surface area contributed by atoms with E-state index in [1.807, 2.05) is 0 Å². The molecule has 0 aromatic heterocycles. The molecular weight excluding hydrogens is 346 g/mol. The number of anilines is 1. The number of rotatable bonds is 12. The number of nitrogens with one attached hydrogen (secondary N) is 1. The number of unbranched alkanes of at least 4 members (excludes halogenated alkanes) is 2. The van der Waals surface area contributed by atoms with E-state index in [-0.39, 0.29) is 12.5 Å². The molecule has 0 aliphatic carbocycles. The Kier molecular flexibility index (Phi) is 9.86. The summed E-state index contributed by atoms with van der Waals surface area (Å²) in [5, 5.41) is 2.85. The van der Waals surface area contributed by atoms with Crippen LogP contribution in [-0.2, 0) is 14.3 Å². The van der Waals surface area contributed by atoms with Gasteiger partial charge in [-0.1, -0.05) is 33.1 Å². The summed E-state index contributed by atoms with van der Waals surface area (Å²) in [5.41, 5.74) is -0.111. The van der Waals surface area contributed by atoms with Crippen LogP contribution in [0.1, 0.15) is 70.2 Å². The first-order valence-corrected chi connectivity index (χ1v) is 9.72. The van der Waals surface area contributed by atoms with Gasteiger partial charge in [0.1, 0.15) is 16.9 Å². The molecule has 1 aromatic rings. The zero-order valence-corrected chi connectivity index (χ0v) is 17.2. The van der Waals surface area contributed by atoms with E-state index < -0.39 is 11.6 Å². The molecule has 6 heteroatoms. The van der Waals surface area contributed by atoms with Crippen molar-refractivity contribution in [2.24, 2.45) is 0 Å². The van der Waals surface area contributed by atoms with E-state index in [0.717, 1.165) is 25.7 Å². The smallest absolute Gasteiger partial charge is 0.341 e. The van der Waals surface area contributed by atoms with Gasteiger partial charge in [-0.3, -0.25) is 4.79 Å². The number of esters is 1. The minimum absolute atomic E-state index is 0.243. The second-order valence-electron chi connectivity index (χ2n) is 6.63. The lowest BCUT2D eigenvalue weighted by atomic mass is 9.97. The molecule has 0 spiro atoms. The summed E-state index contributed by atoms with van der Waals surface area (Å²) in [5.74, 6) is -0.256. The van der Waals surface area contributed by atoms with Crippen LogP contribution in [0.2, 0.25) is 0 Å². The highest BCUT2D eigenvalue weighted by Crippen LogP contribution is 2.26. The molecule has 27 heavy (non-hydrogen) atoms. The lowest BCUT2D eigenvalue weighted by Crippen LogP contribution is -2.41. The van der Waals surface area contributed by atoms with Gasteiger partial charge in [0.2, 0.25) is 0 Å². The Balaban J connectivity index is 3.02. The predicted octanol–water partition coefficient (Wildman–Crippen LogP) is 4.58. The third-order valence-electron chi connectivity index (χ3n) is 4.43. The van der Waals surface area contributed by atoms with Gasteiger partial charge in [-0.05, 0) is 44.9 Å². The average molecular weight is 379 g/mol. The molecule has 1 unspecified atom stereocenters. The standard InChI is InChI=1S/C21H33NO5/c1-6-9-13-21(4,25-5)20(24)22-16-11-12-18(27-14-10-7-2)17(15-16)19(23)26-8-3/h11-12,15H,6-10,13-14H2,1-5H3,(H,22,24). The summed E-state index contributed by atoms with van der Waals surface area (Å²) in [6.07, 6.45) is 4.37. The molecule has 1 rings (SSSR count). The van der Waals surface area contributed by atoms with Crippen molar-refractivity contribution in [3.05, 3.63) is 23.8 Å². The molecule has 152 valence electrons. The molecule has 0 fully saturated rings. The Morgan fingerprint density at radius 1 is 1.11 bits per heavy atom. The van der Waals surface area contributed by atoms with E-state index in [1.165, 1.54) is 7.11 Å². The number of carbonyl (C=O) groups excluding carboxylic acids is 2. The third kappa shape index (κ3) is 6.86. The summed E-state index contributed by atoms with van der Waals surface area (Å²) in [6.45, 7) is 8.44. The normalized spacial score (nSPS) is 12.9. The van der Waals surface area contributed by atoms with Crippen LogP contribution >= 0.6 is 0 Å². The minimum Gasteiger partial charge on any atom is -0.493 e. The van der Waals surface area contributed by atoms with Crippen LogP contribution in [0.4, 0.5) is 5.69 Å². The molecule has 1 N–H and O–H groups in total. The van der Waals surface area contributed by atoms with Crippen molar-refractivity contribution >= 4 is 17.6 Å². The Morgan fingerprint density at radius 3 is 2.41 bits per heavy atom. The van der Waals surface area contributed by atoms with E-state index in [1.54, 1.807) is 32.0 Å². The molecular formula is C21H33NO5. The van der Waals surface area contributed by atoms with E-state index >= 15 is 0 Å². The van der Waals surface area contributed by atoms with Gasteiger partial charge < -0.3 is 19.5 Å². The first kappa shape index (κ1) is 23.0. The number of methoxy groups -OCH3 is 1. The van der Waals surface area contributed by atoms with Crippen molar-refractivity contribution in [1.29, 1.82) is 0 Å². The van der Waals surface area contributed by atoms with E-state index in [2.05, 4.69) is 19.2 Å². The van der Waals surface area contributed by atoms with Crippen LogP contribution in [0.3, 0.4) is 0 Å². The van der Waals surface area contributed by atoms with Crippen LogP contribution in [-0.4, -0.2) is 37.8 Å². The van der Waals surface area contributed by atoms with E-state index in [9.17, 15) is 9.59 Å². The molecule has 0 saturated carbocycles. The minimum atomic E-state index is -0.920. The van der Waals surface area contributed by atoms with Gasteiger partial charge in [0.05, 0.1) is 13.2 Å². The van der Waals surface area contributed by atoms with Crippen molar-refractivity contribution in [2.75, 3.05) is 25.6 Å². The number of hydrogen-bond donors (Lipinski definition) is 1. The van der Waals surface area contributed by atoms with Gasteiger partial charge in [0.15, 0.2) is 0 Å². The Hall–Kier alpha value is -2.08. The fourth-order valence-electron chi connectivity index (χ4n) is 2.51. The van der Waals surface area contributed by atoms with Crippen molar-refractivity contribution in [2.45, 2.75) is 65.4 Å². The first-order chi connectivity index (χ1) is 12.9. The van der Waals surface area contributed by atoms with Crippen LogP contribution in [0.15, 0.2) is 18.2 Å². The highest BCUT2D eigenvalue weighted by atomic mass is 16.5. The Bertz CT molecular complexity index is 617. The van der Waals surface area contributed by atoms with Crippen molar-refractivity contribution in [1.82, 2.24) is 0 Å². The number of benzene rings is 1. The zero-order valence-electron chi connectivity index (χ0n) is 17.2. The maximum Gasteiger partial charge on any atom is 0.341 e. The molecule has 0 aliphatic rings. The number of carbonyl (C=O) groups is 2. The topological polar surface area (TPSA) is 73.9 Å². The maximum absolute atomic E-state index is 12.7. The first-order valence-electron chi connectivity index (χ1n) is 9.72. The number of ether oxygens (including phenoxy) is 3. The second-order valence-corrected chi connectivity index (χ2v) is 6.63. The van der Waals surface area contributed by atoms with Gasteiger partial charge in [0.25, 0.3) is 5.91 Å². The predicted molar refractivity (Wildman–Crippen MR) is 106 cm³/mol. The zero-order chi connectivity index (χ0) is 20.3. The quantitative estimate of drug-likeness (QED) is 0.425. The van der Waals surface area contributed by atoms with Crippen LogP contribution < -0.4 is 10.1 Å². The number of amides is 1. The molecule has 6 nitrogen and oxygen atoms in total. The highest BCUT2D eigenvalue weighted by Gasteiger charge is 2.32. The average Bonchev–Trinajstić information content (AvgIpc) is 2.67. The molecule has 0 saturated heterocycles. The van der Waals surface area contributed by atoms with Gasteiger partial charge in [-0.15, -0.1) is 0 Å². The lowest BCUT2D eigenvalue weighted by molar-refractivity contribution is -0.136. The van der Waals surface area contributed by atoms with Gasteiger partial charge in [0, 0.05) is 12.8 Å². The van der Waals surface area contributed by atoms with Crippen molar-refractivity contribution in [3.8, 4) is 5.75 Å². The molecule has 0 aliphatic heterocycles. The second kappa shape index (κ2) is 11.6. The third-order valence-corrected chi connectivity index (χ3v) is 4.43. The van der Waals surface area contributed by atoms with Crippen LogP contribution in [0.25, 0.3) is 0 Å². The fourth-order valence-corrected chi connectivity index (χ4v) is 2.51.